The maximum absolute atomic E-state index is 12.4. The average Bonchev–Trinajstić information content (AvgIpc) is 2.27. The molecule has 1 aliphatic rings. The van der Waals surface area contributed by atoms with Gasteiger partial charge in [0.15, 0.2) is 0 Å². The van der Waals surface area contributed by atoms with Gasteiger partial charge in [-0.1, -0.05) is 20.8 Å². The number of nitrogens with zero attached hydrogens (tertiary/aromatic N) is 1. The largest absolute Gasteiger partial charge is 0.338 e. The van der Waals surface area contributed by atoms with E-state index in [0.717, 1.165) is 38.1 Å². The zero-order valence-corrected chi connectivity index (χ0v) is 11.1. The molecule has 0 spiro atoms. The third-order valence-corrected chi connectivity index (χ3v) is 4.09. The Hall–Kier alpha value is -0.570. The van der Waals surface area contributed by atoms with Crippen molar-refractivity contribution in [1.29, 1.82) is 0 Å². The van der Waals surface area contributed by atoms with Crippen LogP contribution in [0.3, 0.4) is 0 Å². The van der Waals surface area contributed by atoms with Crippen molar-refractivity contribution in [1.82, 2.24) is 4.90 Å². The van der Waals surface area contributed by atoms with E-state index in [1.54, 1.807) is 0 Å². The molecular formula is C13H26N2O. The second-order valence-corrected chi connectivity index (χ2v) is 5.34. The molecule has 1 fully saturated rings. The lowest BCUT2D eigenvalue weighted by atomic mass is 9.88. The third kappa shape index (κ3) is 2.57. The first kappa shape index (κ1) is 13.5. The maximum Gasteiger partial charge on any atom is 0.242 e. The first-order valence-corrected chi connectivity index (χ1v) is 6.54. The van der Waals surface area contributed by atoms with Gasteiger partial charge in [0, 0.05) is 12.6 Å². The zero-order valence-electron chi connectivity index (χ0n) is 11.1. The van der Waals surface area contributed by atoms with Crippen molar-refractivity contribution in [2.24, 2.45) is 11.7 Å². The molecule has 16 heavy (non-hydrogen) atoms. The van der Waals surface area contributed by atoms with Gasteiger partial charge in [-0.3, -0.25) is 4.79 Å². The Balaban J connectivity index is 2.73. The summed E-state index contributed by atoms with van der Waals surface area (Å²) in [6.45, 7) is 9.27. The van der Waals surface area contributed by atoms with E-state index >= 15 is 0 Å². The summed E-state index contributed by atoms with van der Waals surface area (Å²) in [5, 5.41) is 0. The fourth-order valence-electron chi connectivity index (χ4n) is 2.55. The van der Waals surface area contributed by atoms with Gasteiger partial charge in [0.25, 0.3) is 0 Å². The summed E-state index contributed by atoms with van der Waals surface area (Å²) in [6, 6.07) is 0.345. The van der Waals surface area contributed by atoms with Gasteiger partial charge < -0.3 is 10.6 Å². The van der Waals surface area contributed by atoms with Crippen LogP contribution in [0.1, 0.15) is 53.4 Å². The molecule has 0 aliphatic carbocycles. The SMILES string of the molecule is CCC(N)(CC)C(=O)N1CCC(C)CC1C. The highest BCUT2D eigenvalue weighted by Gasteiger charge is 2.37. The molecule has 0 aromatic carbocycles. The van der Waals surface area contributed by atoms with E-state index in [1.165, 1.54) is 0 Å². The lowest BCUT2D eigenvalue weighted by molar-refractivity contribution is -0.141. The molecule has 1 aliphatic heterocycles. The van der Waals surface area contributed by atoms with E-state index in [2.05, 4.69) is 13.8 Å². The fourth-order valence-corrected chi connectivity index (χ4v) is 2.55. The van der Waals surface area contributed by atoms with Crippen LogP contribution in [0.5, 0.6) is 0 Å². The lowest BCUT2D eigenvalue weighted by Crippen LogP contribution is -2.58. The molecule has 1 saturated heterocycles. The van der Waals surface area contributed by atoms with Crippen LogP contribution in [0.25, 0.3) is 0 Å². The third-order valence-electron chi connectivity index (χ3n) is 4.09. The number of hydrogen-bond donors (Lipinski definition) is 1. The van der Waals surface area contributed by atoms with Gasteiger partial charge in [0.1, 0.15) is 0 Å². The Kier molecular flexibility index (Phi) is 4.36. The minimum atomic E-state index is -0.644. The molecule has 1 heterocycles. The highest BCUT2D eigenvalue weighted by molar-refractivity contribution is 5.86. The van der Waals surface area contributed by atoms with Crippen molar-refractivity contribution in [3.63, 3.8) is 0 Å². The molecule has 2 unspecified atom stereocenters. The quantitative estimate of drug-likeness (QED) is 0.801. The first-order chi connectivity index (χ1) is 7.44. The number of amides is 1. The molecular weight excluding hydrogens is 200 g/mol. The van der Waals surface area contributed by atoms with Crippen LogP contribution in [0.15, 0.2) is 0 Å². The summed E-state index contributed by atoms with van der Waals surface area (Å²) in [7, 11) is 0. The van der Waals surface area contributed by atoms with Crippen LogP contribution in [-0.4, -0.2) is 28.9 Å². The summed E-state index contributed by atoms with van der Waals surface area (Å²) in [6.07, 6.45) is 3.66. The molecule has 3 nitrogen and oxygen atoms in total. The van der Waals surface area contributed by atoms with Gasteiger partial charge >= 0.3 is 0 Å². The van der Waals surface area contributed by atoms with E-state index in [-0.39, 0.29) is 5.91 Å². The molecule has 0 bridgehead atoms. The number of rotatable bonds is 3. The van der Waals surface area contributed by atoms with Crippen molar-refractivity contribution >= 4 is 5.91 Å². The molecule has 0 saturated carbocycles. The second-order valence-electron chi connectivity index (χ2n) is 5.34. The van der Waals surface area contributed by atoms with Crippen LogP contribution in [-0.2, 0) is 4.79 Å². The summed E-state index contributed by atoms with van der Waals surface area (Å²) < 4.78 is 0. The lowest BCUT2D eigenvalue weighted by Gasteiger charge is -2.41. The second kappa shape index (κ2) is 5.17. The number of piperidine rings is 1. The van der Waals surface area contributed by atoms with Crippen LogP contribution in [0.2, 0.25) is 0 Å². The minimum Gasteiger partial charge on any atom is -0.338 e. The standard InChI is InChI=1S/C13H26N2O/c1-5-13(14,6-2)12(16)15-8-7-10(3)9-11(15)4/h10-11H,5-9,14H2,1-4H3. The number of likely N-dealkylation sites (tertiary alicyclic amines) is 1. The van der Waals surface area contributed by atoms with E-state index in [0.29, 0.717) is 6.04 Å². The smallest absolute Gasteiger partial charge is 0.242 e. The number of nitrogens with two attached hydrogens (primary N) is 1. The molecule has 3 heteroatoms. The monoisotopic (exact) mass is 226 g/mol. The van der Waals surface area contributed by atoms with Crippen molar-refractivity contribution in [2.75, 3.05) is 6.54 Å². The summed E-state index contributed by atoms with van der Waals surface area (Å²) in [4.78, 5) is 14.4. The molecule has 2 atom stereocenters. The van der Waals surface area contributed by atoms with Crippen LogP contribution >= 0.6 is 0 Å². The zero-order chi connectivity index (χ0) is 12.3. The van der Waals surface area contributed by atoms with E-state index < -0.39 is 5.54 Å². The Morgan fingerprint density at radius 1 is 1.38 bits per heavy atom. The van der Waals surface area contributed by atoms with Gasteiger partial charge in [-0.25, -0.2) is 0 Å². The Morgan fingerprint density at radius 3 is 2.38 bits per heavy atom. The Morgan fingerprint density at radius 2 is 1.94 bits per heavy atom. The summed E-state index contributed by atoms with van der Waals surface area (Å²) in [5.74, 6) is 0.881. The van der Waals surface area contributed by atoms with Gasteiger partial charge in [-0.05, 0) is 38.5 Å². The number of carbonyl (C=O) groups is 1. The van der Waals surface area contributed by atoms with E-state index in [9.17, 15) is 4.79 Å². The fraction of sp³-hybridized carbons (Fsp3) is 0.923. The molecule has 2 N–H and O–H groups in total. The predicted molar refractivity (Wildman–Crippen MR) is 67.1 cm³/mol. The first-order valence-electron chi connectivity index (χ1n) is 6.54. The molecule has 94 valence electrons. The van der Waals surface area contributed by atoms with E-state index in [1.807, 2.05) is 18.7 Å². The van der Waals surface area contributed by atoms with Crippen LogP contribution in [0, 0.1) is 5.92 Å². The maximum atomic E-state index is 12.4. The van der Waals surface area contributed by atoms with Crippen molar-refractivity contribution in [3.05, 3.63) is 0 Å². The number of carbonyl (C=O) groups excluding carboxylic acids is 1. The average molecular weight is 226 g/mol. The topological polar surface area (TPSA) is 46.3 Å². The number of hydrogen-bond acceptors (Lipinski definition) is 2. The Labute approximate surface area is 99.4 Å². The Bertz CT molecular complexity index is 248. The van der Waals surface area contributed by atoms with Crippen molar-refractivity contribution < 1.29 is 4.79 Å². The van der Waals surface area contributed by atoms with Crippen LogP contribution in [0.4, 0.5) is 0 Å². The van der Waals surface area contributed by atoms with E-state index in [4.69, 9.17) is 5.73 Å². The summed E-state index contributed by atoms with van der Waals surface area (Å²) >= 11 is 0. The highest BCUT2D eigenvalue weighted by atomic mass is 16.2. The predicted octanol–water partition coefficient (Wildman–Crippen LogP) is 2.15. The summed E-state index contributed by atoms with van der Waals surface area (Å²) in [5.41, 5.74) is 5.53. The molecule has 0 aromatic heterocycles. The van der Waals surface area contributed by atoms with Crippen molar-refractivity contribution in [2.45, 2.75) is 65.0 Å². The van der Waals surface area contributed by atoms with Crippen molar-refractivity contribution in [3.8, 4) is 0 Å². The highest BCUT2D eigenvalue weighted by Crippen LogP contribution is 2.25. The molecule has 1 amide bonds. The molecule has 1 rings (SSSR count). The van der Waals surface area contributed by atoms with Gasteiger partial charge in [0.05, 0.1) is 5.54 Å². The van der Waals surface area contributed by atoms with Gasteiger partial charge in [0.2, 0.25) is 5.91 Å². The minimum absolute atomic E-state index is 0.150. The van der Waals surface area contributed by atoms with Crippen LogP contribution < -0.4 is 5.73 Å². The molecule has 0 aromatic rings. The van der Waals surface area contributed by atoms with Gasteiger partial charge in [-0.15, -0.1) is 0 Å². The normalized spacial score (nSPS) is 26.9. The molecule has 0 radical (unpaired) electrons. The van der Waals surface area contributed by atoms with Gasteiger partial charge in [-0.2, -0.15) is 0 Å².